The lowest BCUT2D eigenvalue weighted by molar-refractivity contribution is 0.0699. The van der Waals surface area contributed by atoms with Crippen LogP contribution in [0.5, 0.6) is 0 Å². The number of fused-ring (bicyclic) bond motifs is 1. The van der Waals surface area contributed by atoms with Gasteiger partial charge in [-0.3, -0.25) is 0 Å². The van der Waals surface area contributed by atoms with Crippen LogP contribution in [0.4, 0.5) is 0 Å². The second-order valence-electron chi connectivity index (χ2n) is 3.40. The van der Waals surface area contributed by atoms with Crippen molar-refractivity contribution < 1.29 is 15.0 Å². The molecule has 1 aromatic heterocycles. The molecule has 2 N–H and O–H groups in total. The first-order valence-corrected chi connectivity index (χ1v) is 6.07. The molecule has 0 saturated carbocycles. The number of carboxylic acids is 1. The highest BCUT2D eigenvalue weighted by molar-refractivity contribution is 7.99. The van der Waals surface area contributed by atoms with Crippen molar-refractivity contribution in [3.05, 3.63) is 35.9 Å². The van der Waals surface area contributed by atoms with Crippen LogP contribution in [0.25, 0.3) is 10.9 Å². The molecule has 0 atom stereocenters. The number of thioether (sulfide) groups is 1. The first kappa shape index (κ1) is 11.9. The Morgan fingerprint density at radius 3 is 2.82 bits per heavy atom. The van der Waals surface area contributed by atoms with Crippen LogP contribution < -0.4 is 0 Å². The molecule has 1 heterocycles. The van der Waals surface area contributed by atoms with E-state index in [1.54, 1.807) is 30.3 Å². The van der Waals surface area contributed by atoms with E-state index in [4.69, 9.17) is 10.2 Å². The number of aromatic carboxylic acids is 1. The van der Waals surface area contributed by atoms with Crippen LogP contribution in [0.3, 0.4) is 0 Å². The van der Waals surface area contributed by atoms with E-state index in [9.17, 15) is 4.79 Å². The number of aliphatic hydroxyl groups excluding tert-OH is 1. The zero-order chi connectivity index (χ0) is 12.3. The van der Waals surface area contributed by atoms with Gasteiger partial charge in [-0.15, -0.1) is 11.8 Å². The molecule has 0 amide bonds. The van der Waals surface area contributed by atoms with Crippen molar-refractivity contribution in [2.45, 2.75) is 5.03 Å². The van der Waals surface area contributed by atoms with Crippen molar-refractivity contribution in [1.29, 1.82) is 0 Å². The molecule has 0 radical (unpaired) electrons. The number of hydrogen-bond donors (Lipinski definition) is 2. The van der Waals surface area contributed by atoms with Crippen LogP contribution in [0.1, 0.15) is 10.4 Å². The number of carbonyl (C=O) groups is 1. The van der Waals surface area contributed by atoms with E-state index >= 15 is 0 Å². The minimum atomic E-state index is -0.951. The fraction of sp³-hybridized carbons (Fsp3) is 0.167. The molecule has 0 bridgehead atoms. The maximum atomic E-state index is 11.0. The Morgan fingerprint density at radius 1 is 1.29 bits per heavy atom. The van der Waals surface area contributed by atoms with Gasteiger partial charge in [-0.05, 0) is 24.3 Å². The van der Waals surface area contributed by atoms with Gasteiger partial charge in [0.15, 0.2) is 0 Å². The summed E-state index contributed by atoms with van der Waals surface area (Å²) in [6, 6.07) is 8.55. The van der Waals surface area contributed by atoms with E-state index in [2.05, 4.69) is 4.98 Å². The van der Waals surface area contributed by atoms with Crippen molar-refractivity contribution >= 4 is 28.6 Å². The highest BCUT2D eigenvalue weighted by atomic mass is 32.2. The second-order valence-corrected chi connectivity index (χ2v) is 4.51. The molecule has 2 aromatic rings. The summed E-state index contributed by atoms with van der Waals surface area (Å²) < 4.78 is 0. The van der Waals surface area contributed by atoms with Crippen LogP contribution in [0.15, 0.2) is 35.4 Å². The molecule has 1 aromatic carbocycles. The number of nitrogens with zero attached hydrogens (tertiary/aromatic N) is 1. The topological polar surface area (TPSA) is 70.4 Å². The quantitative estimate of drug-likeness (QED) is 0.811. The molecule has 0 aliphatic carbocycles. The molecule has 0 unspecified atom stereocenters. The molecule has 0 saturated heterocycles. The van der Waals surface area contributed by atoms with Crippen LogP contribution in [0, 0.1) is 0 Å². The molecule has 0 aliphatic heterocycles. The lowest BCUT2D eigenvalue weighted by Gasteiger charge is -2.04. The molecular formula is C12H11NO3S. The number of pyridine rings is 1. The van der Waals surface area contributed by atoms with Gasteiger partial charge in [-0.25, -0.2) is 9.78 Å². The molecular weight excluding hydrogens is 238 g/mol. The summed E-state index contributed by atoms with van der Waals surface area (Å²) in [5.41, 5.74) is 0.918. The average Bonchev–Trinajstić information content (AvgIpc) is 2.35. The molecule has 0 spiro atoms. The Kier molecular flexibility index (Phi) is 3.61. The Labute approximate surface area is 102 Å². The van der Waals surface area contributed by atoms with E-state index in [-0.39, 0.29) is 12.2 Å². The summed E-state index contributed by atoms with van der Waals surface area (Å²) in [5, 5.41) is 19.2. The van der Waals surface area contributed by atoms with Gasteiger partial charge in [0.2, 0.25) is 0 Å². The molecule has 0 fully saturated rings. The van der Waals surface area contributed by atoms with Gasteiger partial charge in [0.1, 0.15) is 0 Å². The summed E-state index contributed by atoms with van der Waals surface area (Å²) in [4.78, 5) is 15.4. The molecule has 0 aliphatic rings. The minimum Gasteiger partial charge on any atom is -0.478 e. The lowest BCUT2D eigenvalue weighted by Crippen LogP contribution is -1.98. The van der Waals surface area contributed by atoms with Gasteiger partial charge in [0.25, 0.3) is 0 Å². The maximum Gasteiger partial charge on any atom is 0.336 e. The van der Waals surface area contributed by atoms with Crippen molar-refractivity contribution in [2.75, 3.05) is 12.4 Å². The van der Waals surface area contributed by atoms with Crippen LogP contribution in [0.2, 0.25) is 0 Å². The van der Waals surface area contributed by atoms with E-state index < -0.39 is 5.97 Å². The summed E-state index contributed by atoms with van der Waals surface area (Å²) in [6.07, 6.45) is 0. The van der Waals surface area contributed by atoms with Gasteiger partial charge in [0.05, 0.1) is 22.7 Å². The predicted molar refractivity (Wildman–Crippen MR) is 66.5 cm³/mol. The second kappa shape index (κ2) is 5.16. The number of rotatable bonds is 4. The highest BCUT2D eigenvalue weighted by Gasteiger charge is 2.08. The standard InChI is InChI=1S/C12H11NO3S/c14-6-7-17-11-5-4-8-9(12(15)16)2-1-3-10(8)13-11/h1-5,14H,6-7H2,(H,15,16). The molecule has 4 nitrogen and oxygen atoms in total. The SMILES string of the molecule is O=C(O)c1cccc2nc(SCCO)ccc12. The number of hydrogen-bond acceptors (Lipinski definition) is 4. The summed E-state index contributed by atoms with van der Waals surface area (Å²) >= 11 is 1.44. The normalized spacial score (nSPS) is 10.6. The van der Waals surface area contributed by atoms with Gasteiger partial charge in [-0.2, -0.15) is 0 Å². The van der Waals surface area contributed by atoms with Gasteiger partial charge in [-0.1, -0.05) is 6.07 Å². The van der Waals surface area contributed by atoms with Crippen molar-refractivity contribution in [3.8, 4) is 0 Å². The maximum absolute atomic E-state index is 11.0. The smallest absolute Gasteiger partial charge is 0.336 e. The molecule has 5 heteroatoms. The van der Waals surface area contributed by atoms with Gasteiger partial charge < -0.3 is 10.2 Å². The Balaban J connectivity index is 2.45. The molecule has 2 rings (SSSR count). The first-order valence-electron chi connectivity index (χ1n) is 5.09. The van der Waals surface area contributed by atoms with E-state index in [1.807, 2.05) is 0 Å². The first-order chi connectivity index (χ1) is 8.22. The van der Waals surface area contributed by atoms with Gasteiger partial charge in [0, 0.05) is 11.1 Å². The zero-order valence-electron chi connectivity index (χ0n) is 8.96. The monoisotopic (exact) mass is 249 g/mol. The number of benzene rings is 1. The van der Waals surface area contributed by atoms with Gasteiger partial charge >= 0.3 is 5.97 Å². The summed E-state index contributed by atoms with van der Waals surface area (Å²) in [6.45, 7) is 0.0968. The fourth-order valence-electron chi connectivity index (χ4n) is 1.55. The van der Waals surface area contributed by atoms with Crippen molar-refractivity contribution in [3.63, 3.8) is 0 Å². The number of aliphatic hydroxyl groups is 1. The van der Waals surface area contributed by atoms with E-state index in [0.29, 0.717) is 16.7 Å². The highest BCUT2D eigenvalue weighted by Crippen LogP contribution is 2.22. The van der Waals surface area contributed by atoms with Crippen LogP contribution in [-0.4, -0.2) is 33.5 Å². The van der Waals surface area contributed by atoms with Crippen molar-refractivity contribution in [1.82, 2.24) is 4.98 Å². The number of carboxylic acid groups (broad SMARTS) is 1. The third-order valence-corrected chi connectivity index (χ3v) is 3.19. The zero-order valence-corrected chi connectivity index (χ0v) is 9.78. The van der Waals surface area contributed by atoms with E-state index in [1.165, 1.54) is 11.8 Å². The Bertz CT molecular complexity index is 556. The van der Waals surface area contributed by atoms with Crippen LogP contribution >= 0.6 is 11.8 Å². The molecule has 88 valence electrons. The lowest BCUT2D eigenvalue weighted by atomic mass is 10.1. The summed E-state index contributed by atoms with van der Waals surface area (Å²) in [5.74, 6) is -0.370. The largest absolute Gasteiger partial charge is 0.478 e. The number of aromatic nitrogens is 1. The third kappa shape index (κ3) is 2.57. The van der Waals surface area contributed by atoms with E-state index in [0.717, 1.165) is 5.03 Å². The predicted octanol–water partition coefficient (Wildman–Crippen LogP) is 2.02. The third-order valence-electron chi connectivity index (χ3n) is 2.28. The minimum absolute atomic E-state index is 0.0968. The average molecular weight is 249 g/mol. The Hall–Kier alpha value is -1.59. The summed E-state index contributed by atoms with van der Waals surface area (Å²) in [7, 11) is 0. The van der Waals surface area contributed by atoms with Crippen molar-refractivity contribution in [2.24, 2.45) is 0 Å². The fourth-order valence-corrected chi connectivity index (χ4v) is 2.18. The van der Waals surface area contributed by atoms with Crippen LogP contribution in [-0.2, 0) is 0 Å². The molecule has 17 heavy (non-hydrogen) atoms. The Morgan fingerprint density at radius 2 is 2.12 bits per heavy atom.